The van der Waals surface area contributed by atoms with Gasteiger partial charge in [0.25, 0.3) is 5.91 Å². The van der Waals surface area contributed by atoms with Crippen LogP contribution in [0, 0.1) is 19.7 Å². The highest BCUT2D eigenvalue weighted by Crippen LogP contribution is 2.31. The summed E-state index contributed by atoms with van der Waals surface area (Å²) in [6.45, 7) is 3.61. The van der Waals surface area contributed by atoms with Gasteiger partial charge in [0, 0.05) is 34.1 Å². The molecule has 2 aromatic carbocycles. The second kappa shape index (κ2) is 7.00. The van der Waals surface area contributed by atoms with Crippen molar-refractivity contribution in [1.29, 1.82) is 0 Å². The quantitative estimate of drug-likeness (QED) is 0.420. The van der Waals surface area contributed by atoms with Gasteiger partial charge in [0.2, 0.25) is 0 Å². The van der Waals surface area contributed by atoms with Gasteiger partial charge in [-0.05, 0) is 26.0 Å². The highest BCUT2D eigenvalue weighted by atomic mass is 32.1. The van der Waals surface area contributed by atoms with Gasteiger partial charge in [0.15, 0.2) is 5.13 Å². The summed E-state index contributed by atoms with van der Waals surface area (Å²) < 4.78 is 14.1. The second-order valence-electron chi connectivity index (χ2n) is 6.96. The number of halogens is 1. The van der Waals surface area contributed by atoms with Crippen molar-refractivity contribution < 1.29 is 9.18 Å². The second-order valence-corrected chi connectivity index (χ2v) is 7.81. The fourth-order valence-electron chi connectivity index (χ4n) is 3.37. The van der Waals surface area contributed by atoms with Crippen molar-refractivity contribution in [2.45, 2.75) is 13.8 Å². The summed E-state index contributed by atoms with van der Waals surface area (Å²) in [5.41, 5.74) is 4.96. The van der Waals surface area contributed by atoms with E-state index in [-0.39, 0.29) is 5.56 Å². The van der Waals surface area contributed by atoms with E-state index < -0.39 is 11.7 Å². The Kier molecular flexibility index (Phi) is 4.29. The third kappa shape index (κ3) is 3.11. The molecular weight excluding hydrogens is 401 g/mol. The lowest BCUT2D eigenvalue weighted by Crippen LogP contribution is -2.14. The summed E-state index contributed by atoms with van der Waals surface area (Å²) in [6, 6.07) is 10.4. The molecule has 3 aromatic heterocycles. The summed E-state index contributed by atoms with van der Waals surface area (Å²) in [5, 5.41) is 6.12. The van der Waals surface area contributed by atoms with E-state index in [2.05, 4.69) is 25.3 Å². The molecule has 0 fully saturated rings. The number of carbonyl (C=O) groups excluding carboxylic acids is 1. The number of rotatable bonds is 3. The molecule has 0 saturated carbocycles. The molecule has 5 aromatic rings. The number of anilines is 1. The Morgan fingerprint density at radius 2 is 1.90 bits per heavy atom. The Bertz CT molecular complexity index is 1440. The number of aromatic nitrogens is 4. The molecule has 0 unspecified atom stereocenters. The molecule has 0 saturated heterocycles. The number of para-hydroxylation sites is 1. The van der Waals surface area contributed by atoms with Crippen LogP contribution < -0.4 is 5.32 Å². The minimum atomic E-state index is -0.538. The fraction of sp³-hybridized carbons (Fsp3) is 0.0909. The number of hydrogen-bond donors (Lipinski definition) is 2. The van der Waals surface area contributed by atoms with Crippen molar-refractivity contribution in [3.05, 3.63) is 70.7 Å². The number of thiazole rings is 1. The van der Waals surface area contributed by atoms with Gasteiger partial charge in [-0.25, -0.2) is 19.3 Å². The van der Waals surface area contributed by atoms with Crippen molar-refractivity contribution in [3.8, 4) is 11.3 Å². The van der Waals surface area contributed by atoms with Crippen LogP contribution in [0.1, 0.15) is 21.7 Å². The lowest BCUT2D eigenvalue weighted by molar-refractivity contribution is 0.102. The van der Waals surface area contributed by atoms with Gasteiger partial charge in [-0.2, -0.15) is 0 Å². The number of benzene rings is 2. The third-order valence-corrected chi connectivity index (χ3v) is 5.74. The summed E-state index contributed by atoms with van der Waals surface area (Å²) in [6.07, 6.45) is 1.89. The maximum atomic E-state index is 14.1. The van der Waals surface area contributed by atoms with E-state index in [4.69, 9.17) is 0 Å². The molecule has 0 aliphatic heterocycles. The number of fused-ring (bicyclic) bond motifs is 2. The van der Waals surface area contributed by atoms with Crippen LogP contribution in [0.25, 0.3) is 33.2 Å². The number of amides is 1. The van der Waals surface area contributed by atoms with Gasteiger partial charge in [-0.3, -0.25) is 10.1 Å². The van der Waals surface area contributed by atoms with Crippen molar-refractivity contribution in [2.24, 2.45) is 0 Å². The van der Waals surface area contributed by atoms with Gasteiger partial charge < -0.3 is 4.98 Å². The molecule has 0 radical (unpaired) electrons. The molecule has 8 heteroatoms. The van der Waals surface area contributed by atoms with E-state index in [1.54, 1.807) is 13.8 Å². The minimum absolute atomic E-state index is 0.129. The van der Waals surface area contributed by atoms with Crippen LogP contribution in [0.15, 0.2) is 48.0 Å². The third-order valence-electron chi connectivity index (χ3n) is 4.98. The zero-order valence-corrected chi connectivity index (χ0v) is 17.0. The standard InChI is InChI=1S/C22H16FN5OS/c1-11-12(2)26-20-15(7-13(23)8-18(20)25-11)21(29)28-22-27-19(10-30-22)16-9-24-17-6-4-3-5-14(16)17/h3-10,24H,1-2H3,(H,27,28,29). The molecule has 0 bridgehead atoms. The highest BCUT2D eigenvalue weighted by Gasteiger charge is 2.18. The van der Waals surface area contributed by atoms with Crippen LogP contribution in [-0.4, -0.2) is 25.8 Å². The van der Waals surface area contributed by atoms with Gasteiger partial charge in [0.1, 0.15) is 11.3 Å². The molecular formula is C22H16FN5OS. The van der Waals surface area contributed by atoms with Crippen LogP contribution in [-0.2, 0) is 0 Å². The summed E-state index contributed by atoms with van der Waals surface area (Å²) in [5.74, 6) is -1.01. The Morgan fingerprint density at radius 3 is 2.77 bits per heavy atom. The molecule has 0 atom stereocenters. The van der Waals surface area contributed by atoms with Crippen LogP contribution in [0.2, 0.25) is 0 Å². The number of nitrogens with zero attached hydrogens (tertiary/aromatic N) is 3. The molecule has 5 rings (SSSR count). The smallest absolute Gasteiger partial charge is 0.259 e. The van der Waals surface area contributed by atoms with Gasteiger partial charge >= 0.3 is 0 Å². The minimum Gasteiger partial charge on any atom is -0.360 e. The topological polar surface area (TPSA) is 83.6 Å². The van der Waals surface area contributed by atoms with Crippen LogP contribution >= 0.6 is 11.3 Å². The van der Waals surface area contributed by atoms with E-state index in [0.29, 0.717) is 27.6 Å². The summed E-state index contributed by atoms with van der Waals surface area (Å²) >= 11 is 1.31. The normalized spacial score (nSPS) is 11.3. The monoisotopic (exact) mass is 417 g/mol. The van der Waals surface area contributed by atoms with E-state index in [0.717, 1.165) is 22.2 Å². The predicted molar refractivity (Wildman–Crippen MR) is 116 cm³/mol. The van der Waals surface area contributed by atoms with Crippen molar-refractivity contribution in [1.82, 2.24) is 19.9 Å². The Hall–Kier alpha value is -3.65. The maximum absolute atomic E-state index is 14.1. The number of hydrogen-bond acceptors (Lipinski definition) is 5. The first-order valence-electron chi connectivity index (χ1n) is 9.27. The molecule has 1 amide bonds. The average molecular weight is 417 g/mol. The molecule has 0 spiro atoms. The van der Waals surface area contributed by atoms with Crippen LogP contribution in [0.5, 0.6) is 0 Å². The van der Waals surface area contributed by atoms with Crippen molar-refractivity contribution in [3.63, 3.8) is 0 Å². The van der Waals surface area contributed by atoms with Gasteiger partial charge in [0.05, 0.1) is 28.2 Å². The van der Waals surface area contributed by atoms with Crippen LogP contribution in [0.3, 0.4) is 0 Å². The predicted octanol–water partition coefficient (Wildman–Crippen LogP) is 5.24. The fourth-order valence-corrected chi connectivity index (χ4v) is 4.08. The maximum Gasteiger partial charge on any atom is 0.259 e. The molecule has 6 nitrogen and oxygen atoms in total. The summed E-state index contributed by atoms with van der Waals surface area (Å²) in [4.78, 5) is 29.5. The largest absolute Gasteiger partial charge is 0.360 e. The zero-order valence-electron chi connectivity index (χ0n) is 16.2. The van der Waals surface area contributed by atoms with E-state index >= 15 is 0 Å². The molecule has 3 heterocycles. The SMILES string of the molecule is Cc1nc2cc(F)cc(C(=O)Nc3nc(-c4c[nH]c5ccccc45)cs3)c2nc1C. The molecule has 0 aliphatic rings. The first-order chi connectivity index (χ1) is 14.5. The number of nitrogens with one attached hydrogen (secondary N) is 2. The zero-order chi connectivity index (χ0) is 20.8. The lowest BCUT2D eigenvalue weighted by Gasteiger charge is -2.08. The molecule has 30 heavy (non-hydrogen) atoms. The van der Waals surface area contributed by atoms with Gasteiger partial charge in [-0.15, -0.1) is 11.3 Å². The number of aryl methyl sites for hydroxylation is 2. The Balaban J connectivity index is 1.49. The first-order valence-corrected chi connectivity index (χ1v) is 10.2. The number of aromatic amines is 1. The van der Waals surface area contributed by atoms with E-state index in [1.807, 2.05) is 35.8 Å². The first kappa shape index (κ1) is 18.4. The van der Waals surface area contributed by atoms with Crippen molar-refractivity contribution >= 4 is 44.3 Å². The van der Waals surface area contributed by atoms with Crippen molar-refractivity contribution in [2.75, 3.05) is 5.32 Å². The van der Waals surface area contributed by atoms with Crippen LogP contribution in [0.4, 0.5) is 9.52 Å². The highest BCUT2D eigenvalue weighted by molar-refractivity contribution is 7.14. The molecule has 148 valence electrons. The Morgan fingerprint density at radius 1 is 1.10 bits per heavy atom. The lowest BCUT2D eigenvalue weighted by atomic mass is 10.1. The molecule has 2 N–H and O–H groups in total. The van der Waals surface area contributed by atoms with E-state index in [1.165, 1.54) is 23.5 Å². The van der Waals surface area contributed by atoms with Gasteiger partial charge in [-0.1, -0.05) is 18.2 Å². The van der Waals surface area contributed by atoms with E-state index in [9.17, 15) is 9.18 Å². The average Bonchev–Trinajstić information content (AvgIpc) is 3.35. The number of carbonyl (C=O) groups is 1. The Labute approximate surface area is 174 Å². The molecule has 0 aliphatic carbocycles. The number of H-pyrrole nitrogens is 1. The summed E-state index contributed by atoms with van der Waals surface area (Å²) in [7, 11) is 0.